The molecule has 0 aliphatic carbocycles. The van der Waals surface area contributed by atoms with E-state index in [1.807, 2.05) is 25.1 Å². The van der Waals surface area contributed by atoms with E-state index in [4.69, 9.17) is 4.74 Å². The lowest BCUT2D eigenvalue weighted by Gasteiger charge is -2.04. The molecule has 3 heterocycles. The molecule has 0 bridgehead atoms. The molecule has 6 heteroatoms. The fourth-order valence-electron chi connectivity index (χ4n) is 2.62. The maximum Gasteiger partial charge on any atom is 0.319 e. The summed E-state index contributed by atoms with van der Waals surface area (Å²) in [4.78, 5) is 22.7. The summed E-state index contributed by atoms with van der Waals surface area (Å²) in [6, 6.07) is 12.3. The third kappa shape index (κ3) is 2.84. The van der Waals surface area contributed by atoms with Crippen LogP contribution >= 0.6 is 23.1 Å². The SMILES string of the molecule is C[C@@H]1C[C@@H](Sc2ncnc3sc(-c4ccccc4)cc23)C(=O)O1. The number of thioether (sulfide) groups is 1. The van der Waals surface area contributed by atoms with Gasteiger partial charge in [-0.15, -0.1) is 11.3 Å². The number of nitrogens with zero attached hydrogens (tertiary/aromatic N) is 2. The number of hydrogen-bond acceptors (Lipinski definition) is 6. The monoisotopic (exact) mass is 342 g/mol. The van der Waals surface area contributed by atoms with E-state index in [2.05, 4.69) is 28.2 Å². The normalized spacial score (nSPS) is 20.8. The zero-order valence-corrected chi connectivity index (χ0v) is 14.1. The van der Waals surface area contributed by atoms with Crippen molar-refractivity contribution >= 4 is 39.3 Å². The highest BCUT2D eigenvalue weighted by Gasteiger charge is 2.33. The number of cyclic esters (lactones) is 1. The second-order valence-corrected chi connectivity index (χ2v) is 7.69. The van der Waals surface area contributed by atoms with Crippen LogP contribution in [0.25, 0.3) is 20.7 Å². The maximum absolute atomic E-state index is 11.9. The van der Waals surface area contributed by atoms with Crippen LogP contribution in [0.4, 0.5) is 0 Å². The quantitative estimate of drug-likeness (QED) is 0.528. The first-order valence-electron chi connectivity index (χ1n) is 7.38. The zero-order chi connectivity index (χ0) is 15.8. The van der Waals surface area contributed by atoms with Gasteiger partial charge < -0.3 is 4.74 Å². The van der Waals surface area contributed by atoms with Crippen LogP contribution in [-0.4, -0.2) is 27.3 Å². The Bertz CT molecular complexity index is 863. The predicted molar refractivity (Wildman–Crippen MR) is 92.7 cm³/mol. The Morgan fingerprint density at radius 1 is 1.26 bits per heavy atom. The van der Waals surface area contributed by atoms with Crippen molar-refractivity contribution in [3.05, 3.63) is 42.7 Å². The number of fused-ring (bicyclic) bond motifs is 1. The molecule has 1 aliphatic rings. The summed E-state index contributed by atoms with van der Waals surface area (Å²) in [5, 5.41) is 1.68. The summed E-state index contributed by atoms with van der Waals surface area (Å²) in [5.41, 5.74) is 1.17. The van der Waals surface area contributed by atoms with Crippen LogP contribution in [0, 0.1) is 0 Å². The van der Waals surface area contributed by atoms with Crippen LogP contribution in [0.5, 0.6) is 0 Å². The number of carbonyl (C=O) groups excluding carboxylic acids is 1. The van der Waals surface area contributed by atoms with E-state index in [-0.39, 0.29) is 17.3 Å². The first-order valence-corrected chi connectivity index (χ1v) is 9.07. The van der Waals surface area contributed by atoms with Crippen LogP contribution in [-0.2, 0) is 9.53 Å². The van der Waals surface area contributed by atoms with E-state index in [0.29, 0.717) is 0 Å². The van der Waals surface area contributed by atoms with Gasteiger partial charge in [-0.1, -0.05) is 42.1 Å². The molecule has 1 aliphatic heterocycles. The fraction of sp³-hybridized carbons (Fsp3) is 0.235. The lowest BCUT2D eigenvalue weighted by Crippen LogP contribution is -2.09. The molecule has 3 aromatic rings. The van der Waals surface area contributed by atoms with Crippen LogP contribution in [0.15, 0.2) is 47.8 Å². The number of hydrogen-bond donors (Lipinski definition) is 0. The molecule has 0 unspecified atom stereocenters. The molecule has 0 spiro atoms. The number of ether oxygens (including phenoxy) is 1. The van der Waals surface area contributed by atoms with E-state index >= 15 is 0 Å². The minimum absolute atomic E-state index is 0.0142. The number of esters is 1. The predicted octanol–water partition coefficient (Wildman–Crippen LogP) is 4.15. The van der Waals surface area contributed by atoms with Crippen LogP contribution in [0.1, 0.15) is 13.3 Å². The third-order valence-corrected chi connectivity index (χ3v) is 6.04. The first kappa shape index (κ1) is 14.7. The van der Waals surface area contributed by atoms with Gasteiger partial charge >= 0.3 is 5.97 Å². The molecule has 0 N–H and O–H groups in total. The van der Waals surface area contributed by atoms with Gasteiger partial charge in [0.1, 0.15) is 27.5 Å². The largest absolute Gasteiger partial charge is 0.462 e. The lowest BCUT2D eigenvalue weighted by atomic mass is 10.2. The Labute approximate surface area is 141 Å². The molecule has 0 amide bonds. The molecule has 23 heavy (non-hydrogen) atoms. The molecule has 0 saturated carbocycles. The highest BCUT2D eigenvalue weighted by atomic mass is 32.2. The Balaban J connectivity index is 1.71. The van der Waals surface area contributed by atoms with Gasteiger partial charge in [0.25, 0.3) is 0 Å². The first-order chi connectivity index (χ1) is 11.2. The van der Waals surface area contributed by atoms with Crippen molar-refractivity contribution in [2.75, 3.05) is 0 Å². The summed E-state index contributed by atoms with van der Waals surface area (Å²) in [6.45, 7) is 1.92. The van der Waals surface area contributed by atoms with Crippen LogP contribution in [0.3, 0.4) is 0 Å². The number of benzene rings is 1. The van der Waals surface area contributed by atoms with Gasteiger partial charge in [-0.05, 0) is 18.6 Å². The summed E-state index contributed by atoms with van der Waals surface area (Å²) < 4.78 is 5.23. The lowest BCUT2D eigenvalue weighted by molar-refractivity contribution is -0.140. The van der Waals surface area contributed by atoms with Gasteiger partial charge in [-0.25, -0.2) is 9.97 Å². The Hall–Kier alpha value is -1.92. The van der Waals surface area contributed by atoms with Crippen LogP contribution in [0.2, 0.25) is 0 Å². The van der Waals surface area contributed by atoms with Crippen molar-refractivity contribution in [3.8, 4) is 10.4 Å². The maximum atomic E-state index is 11.9. The summed E-state index contributed by atoms with van der Waals surface area (Å²) in [5.74, 6) is -0.146. The molecular formula is C17H14N2O2S2. The van der Waals surface area contributed by atoms with Crippen molar-refractivity contribution in [3.63, 3.8) is 0 Å². The standard InChI is InChI=1S/C17H14N2O2S2/c1-10-7-14(17(20)21-10)23-16-12-8-13(11-5-3-2-4-6-11)22-15(12)18-9-19-16/h2-6,8-10,14H,7H2,1H3/t10-,14-/m1/s1. The van der Waals surface area contributed by atoms with Gasteiger partial charge in [0.2, 0.25) is 0 Å². The topological polar surface area (TPSA) is 52.1 Å². The van der Waals surface area contributed by atoms with Crippen molar-refractivity contribution < 1.29 is 9.53 Å². The highest BCUT2D eigenvalue weighted by molar-refractivity contribution is 8.00. The van der Waals surface area contributed by atoms with Crippen LogP contribution < -0.4 is 0 Å². The van der Waals surface area contributed by atoms with Gasteiger partial charge in [0.15, 0.2) is 0 Å². The van der Waals surface area contributed by atoms with E-state index in [9.17, 15) is 4.79 Å². The minimum Gasteiger partial charge on any atom is -0.462 e. The summed E-state index contributed by atoms with van der Waals surface area (Å²) in [7, 11) is 0. The van der Waals surface area contributed by atoms with E-state index < -0.39 is 0 Å². The second kappa shape index (κ2) is 5.94. The second-order valence-electron chi connectivity index (χ2n) is 5.46. The van der Waals surface area contributed by atoms with Gasteiger partial charge in [-0.2, -0.15) is 0 Å². The number of rotatable bonds is 3. The number of carbonyl (C=O) groups is 1. The molecule has 1 saturated heterocycles. The Morgan fingerprint density at radius 3 is 2.83 bits per heavy atom. The number of thiophene rings is 1. The van der Waals surface area contributed by atoms with Gasteiger partial charge in [-0.3, -0.25) is 4.79 Å². The third-order valence-electron chi connectivity index (χ3n) is 3.73. The van der Waals surface area contributed by atoms with Crippen molar-refractivity contribution in [1.82, 2.24) is 9.97 Å². The molecule has 4 rings (SSSR count). The molecule has 116 valence electrons. The molecule has 1 aromatic carbocycles. The van der Waals surface area contributed by atoms with Gasteiger partial charge in [0, 0.05) is 16.7 Å². The average Bonchev–Trinajstić information content (AvgIpc) is 3.12. The minimum atomic E-state index is -0.178. The highest BCUT2D eigenvalue weighted by Crippen LogP contribution is 2.39. The van der Waals surface area contributed by atoms with Gasteiger partial charge in [0.05, 0.1) is 0 Å². The van der Waals surface area contributed by atoms with E-state index in [1.54, 1.807) is 17.7 Å². The smallest absolute Gasteiger partial charge is 0.319 e. The number of aromatic nitrogens is 2. The van der Waals surface area contributed by atoms with E-state index in [0.717, 1.165) is 26.5 Å². The van der Waals surface area contributed by atoms with Crippen molar-refractivity contribution in [2.24, 2.45) is 0 Å². The summed E-state index contributed by atoms with van der Waals surface area (Å²) >= 11 is 3.13. The fourth-order valence-corrected chi connectivity index (χ4v) is 4.87. The zero-order valence-electron chi connectivity index (χ0n) is 12.4. The average molecular weight is 342 g/mol. The Kier molecular flexibility index (Phi) is 3.79. The van der Waals surface area contributed by atoms with Crippen molar-refractivity contribution in [1.29, 1.82) is 0 Å². The van der Waals surface area contributed by atoms with Crippen molar-refractivity contribution in [2.45, 2.75) is 29.7 Å². The molecular weight excluding hydrogens is 328 g/mol. The molecule has 2 aromatic heterocycles. The Morgan fingerprint density at radius 2 is 2.09 bits per heavy atom. The van der Waals surface area contributed by atoms with E-state index in [1.165, 1.54) is 17.3 Å². The molecule has 0 radical (unpaired) electrons. The summed E-state index contributed by atoms with van der Waals surface area (Å²) in [6.07, 6.45) is 2.28. The molecule has 2 atom stereocenters. The molecule has 1 fully saturated rings. The molecule has 4 nitrogen and oxygen atoms in total.